The summed E-state index contributed by atoms with van der Waals surface area (Å²) in [6.07, 6.45) is 1.91. The molecule has 6 heteroatoms. The van der Waals surface area contributed by atoms with Gasteiger partial charge in [0.2, 0.25) is 0 Å². The van der Waals surface area contributed by atoms with E-state index < -0.39 is 0 Å². The maximum atomic E-state index is 5.01. The average Bonchev–Trinajstić information content (AvgIpc) is 3.62. The lowest BCUT2D eigenvalue weighted by molar-refractivity contribution is 1.06. The average molecular weight is 719 g/mol. The fourth-order valence-corrected chi connectivity index (χ4v) is 7.41. The molecular formula is C50H34N6. The van der Waals surface area contributed by atoms with Crippen LogP contribution in [0.4, 0.5) is 17.1 Å². The Bertz CT molecular complexity index is 2870. The molecule has 3 aromatic heterocycles. The van der Waals surface area contributed by atoms with Crippen molar-refractivity contribution < 1.29 is 0 Å². The third-order valence-electron chi connectivity index (χ3n) is 10.1. The summed E-state index contributed by atoms with van der Waals surface area (Å²) in [5, 5.41) is 2.36. The number of anilines is 3. The van der Waals surface area contributed by atoms with Gasteiger partial charge >= 0.3 is 0 Å². The second-order valence-corrected chi connectivity index (χ2v) is 13.6. The van der Waals surface area contributed by atoms with E-state index in [4.69, 9.17) is 19.9 Å². The minimum absolute atomic E-state index is 0.512. The fraction of sp³-hybridized carbons (Fsp3) is 0. The van der Waals surface area contributed by atoms with Crippen molar-refractivity contribution in [1.29, 1.82) is 0 Å². The number of aromatic nitrogens is 5. The molecule has 0 N–H and O–H groups in total. The number of hydrogen-bond acceptors (Lipinski definition) is 5. The largest absolute Gasteiger partial charge is 0.309 e. The van der Waals surface area contributed by atoms with Crippen molar-refractivity contribution >= 4 is 38.9 Å². The van der Waals surface area contributed by atoms with Crippen molar-refractivity contribution in [2.75, 3.05) is 4.90 Å². The molecule has 10 aromatic rings. The zero-order valence-electron chi connectivity index (χ0n) is 30.3. The summed E-state index contributed by atoms with van der Waals surface area (Å²) in [7, 11) is 0. The van der Waals surface area contributed by atoms with Gasteiger partial charge in [-0.2, -0.15) is 0 Å². The summed E-state index contributed by atoms with van der Waals surface area (Å²) in [6.45, 7) is 0. The summed E-state index contributed by atoms with van der Waals surface area (Å²) in [5.74, 6) is 1.71. The fourth-order valence-electron chi connectivity index (χ4n) is 7.41. The number of hydrogen-bond donors (Lipinski definition) is 0. The van der Waals surface area contributed by atoms with Crippen molar-refractivity contribution in [2.24, 2.45) is 0 Å². The summed E-state index contributed by atoms with van der Waals surface area (Å²) in [5.41, 5.74) is 11.2. The summed E-state index contributed by atoms with van der Waals surface area (Å²) < 4.78 is 2.34. The van der Waals surface area contributed by atoms with Crippen molar-refractivity contribution in [3.05, 3.63) is 206 Å². The minimum Gasteiger partial charge on any atom is -0.309 e. The molecule has 0 radical (unpaired) electrons. The van der Waals surface area contributed by atoms with Crippen LogP contribution in [0, 0.1) is 0 Å². The van der Waals surface area contributed by atoms with Gasteiger partial charge in [-0.3, -0.25) is 4.98 Å². The monoisotopic (exact) mass is 718 g/mol. The Kier molecular flexibility index (Phi) is 8.39. The van der Waals surface area contributed by atoms with Crippen LogP contribution in [0.25, 0.3) is 72.9 Å². The van der Waals surface area contributed by atoms with E-state index in [0.717, 1.165) is 50.5 Å². The lowest BCUT2D eigenvalue weighted by Crippen LogP contribution is -2.10. The van der Waals surface area contributed by atoms with Crippen molar-refractivity contribution in [3.63, 3.8) is 0 Å². The van der Waals surface area contributed by atoms with Crippen LogP contribution in [0.1, 0.15) is 0 Å². The van der Waals surface area contributed by atoms with Crippen LogP contribution < -0.4 is 4.90 Å². The van der Waals surface area contributed by atoms with E-state index in [-0.39, 0.29) is 0 Å². The highest BCUT2D eigenvalue weighted by atomic mass is 15.2. The van der Waals surface area contributed by atoms with Crippen LogP contribution in [0.5, 0.6) is 0 Å². The predicted molar refractivity (Wildman–Crippen MR) is 228 cm³/mol. The van der Waals surface area contributed by atoms with Crippen molar-refractivity contribution in [1.82, 2.24) is 24.5 Å². The minimum atomic E-state index is 0.512. The molecule has 0 aliphatic heterocycles. The normalized spacial score (nSPS) is 11.2. The van der Waals surface area contributed by atoms with Crippen LogP contribution >= 0.6 is 0 Å². The third kappa shape index (κ3) is 6.15. The molecule has 3 heterocycles. The van der Waals surface area contributed by atoms with E-state index in [1.54, 1.807) is 0 Å². The topological polar surface area (TPSA) is 59.7 Å². The number of nitrogens with zero attached hydrogens (tertiary/aromatic N) is 6. The molecule has 0 fully saturated rings. The SMILES string of the molecule is c1ccc(-c2ccc(N(c3ccc(-c4nc(-c5ccccc5)nc(-c5ccccc5)n4)nc3)c3ccc4c(c3)c3ccccc3n4-c3ccccc3)cc2)cc1. The van der Waals surface area contributed by atoms with Gasteiger partial charge in [0.1, 0.15) is 5.69 Å². The lowest BCUT2D eigenvalue weighted by atomic mass is 10.0. The van der Waals surface area contributed by atoms with Gasteiger partial charge in [-0.05, 0) is 71.8 Å². The molecule has 0 unspecified atom stereocenters. The van der Waals surface area contributed by atoms with Crippen LogP contribution in [0.15, 0.2) is 206 Å². The van der Waals surface area contributed by atoms with E-state index >= 15 is 0 Å². The molecule has 0 saturated heterocycles. The first-order chi connectivity index (χ1) is 27.8. The second kappa shape index (κ2) is 14.3. The van der Waals surface area contributed by atoms with Gasteiger partial charge in [0.25, 0.3) is 0 Å². The molecule has 6 nitrogen and oxygen atoms in total. The molecular weight excluding hydrogens is 685 g/mol. The van der Waals surface area contributed by atoms with Crippen molar-refractivity contribution in [3.8, 4) is 51.1 Å². The maximum Gasteiger partial charge on any atom is 0.182 e. The van der Waals surface area contributed by atoms with Gasteiger partial charge in [0, 0.05) is 39.0 Å². The van der Waals surface area contributed by atoms with E-state index in [2.05, 4.69) is 137 Å². The first-order valence-corrected chi connectivity index (χ1v) is 18.6. The first-order valence-electron chi connectivity index (χ1n) is 18.6. The Morgan fingerprint density at radius 1 is 0.357 bits per heavy atom. The lowest BCUT2D eigenvalue weighted by Gasteiger charge is -2.26. The Morgan fingerprint density at radius 2 is 0.857 bits per heavy atom. The van der Waals surface area contributed by atoms with Crippen LogP contribution in [0.3, 0.4) is 0 Å². The molecule has 0 saturated carbocycles. The maximum absolute atomic E-state index is 5.01. The van der Waals surface area contributed by atoms with E-state index in [1.165, 1.54) is 16.3 Å². The quantitative estimate of drug-likeness (QED) is 0.157. The molecule has 264 valence electrons. The zero-order valence-corrected chi connectivity index (χ0v) is 30.3. The number of benzene rings is 7. The molecule has 0 amide bonds. The molecule has 0 aliphatic carbocycles. The number of pyridine rings is 1. The molecule has 10 rings (SSSR count). The highest BCUT2D eigenvalue weighted by molar-refractivity contribution is 6.10. The predicted octanol–water partition coefficient (Wildman–Crippen LogP) is 12.5. The Morgan fingerprint density at radius 3 is 1.48 bits per heavy atom. The van der Waals surface area contributed by atoms with Gasteiger partial charge in [-0.25, -0.2) is 15.0 Å². The molecule has 0 bridgehead atoms. The van der Waals surface area contributed by atoms with Gasteiger partial charge in [0.05, 0.1) is 22.9 Å². The third-order valence-corrected chi connectivity index (χ3v) is 10.1. The van der Waals surface area contributed by atoms with E-state index in [1.807, 2.05) is 79.0 Å². The highest BCUT2D eigenvalue weighted by Crippen LogP contribution is 2.40. The number of fused-ring (bicyclic) bond motifs is 3. The molecule has 0 atom stereocenters. The van der Waals surface area contributed by atoms with Crippen molar-refractivity contribution in [2.45, 2.75) is 0 Å². The van der Waals surface area contributed by atoms with Gasteiger partial charge in [-0.15, -0.1) is 0 Å². The highest BCUT2D eigenvalue weighted by Gasteiger charge is 2.19. The first kappa shape index (κ1) is 32.9. The van der Waals surface area contributed by atoms with Crippen LogP contribution in [-0.2, 0) is 0 Å². The molecule has 56 heavy (non-hydrogen) atoms. The number of para-hydroxylation sites is 2. The zero-order chi connectivity index (χ0) is 37.3. The van der Waals surface area contributed by atoms with E-state index in [0.29, 0.717) is 23.2 Å². The summed E-state index contributed by atoms with van der Waals surface area (Å²) >= 11 is 0. The molecule has 0 spiro atoms. The smallest absolute Gasteiger partial charge is 0.182 e. The Balaban J connectivity index is 1.10. The van der Waals surface area contributed by atoms with Gasteiger partial charge in [0.15, 0.2) is 17.5 Å². The van der Waals surface area contributed by atoms with Gasteiger partial charge in [-0.1, -0.05) is 140 Å². The second-order valence-electron chi connectivity index (χ2n) is 13.6. The number of rotatable bonds is 8. The van der Waals surface area contributed by atoms with Crippen LogP contribution in [0.2, 0.25) is 0 Å². The Labute approximate surface area is 324 Å². The molecule has 0 aliphatic rings. The van der Waals surface area contributed by atoms with Crippen LogP contribution in [-0.4, -0.2) is 24.5 Å². The standard InChI is InChI=1S/C50H34N6/c1-5-15-35(16-6-1)36-25-27-40(28-26-36)55(41-30-32-47-44(33-41)43-23-13-14-24-46(43)56(47)39-21-11-4-12-22-39)42-29-31-45(51-34-42)50-53-48(37-17-7-2-8-18-37)52-49(54-50)38-19-9-3-10-20-38/h1-34H. The summed E-state index contributed by atoms with van der Waals surface area (Å²) in [4.78, 5) is 22.0. The Hall–Kier alpha value is -7.70. The molecule has 7 aromatic carbocycles. The summed E-state index contributed by atoms with van der Waals surface area (Å²) in [6, 6.07) is 69.2. The van der Waals surface area contributed by atoms with Gasteiger partial charge < -0.3 is 9.47 Å². The van der Waals surface area contributed by atoms with E-state index in [9.17, 15) is 0 Å².